The molecule has 6 nitrogen and oxygen atoms in total. The summed E-state index contributed by atoms with van der Waals surface area (Å²) in [5.74, 6) is -0.368. The van der Waals surface area contributed by atoms with Crippen LogP contribution in [0.5, 0.6) is 0 Å². The minimum absolute atomic E-state index is 0.0416. The minimum atomic E-state index is -0.205. The second-order valence-electron chi connectivity index (χ2n) is 6.15. The SMILES string of the molecule is O=C(c1ccc2nc(N3C(=O)CCC3=O)sc2c1)N1CCCCC1. The zero-order valence-electron chi connectivity index (χ0n) is 13.2. The first-order valence-electron chi connectivity index (χ1n) is 8.19. The van der Waals surface area contributed by atoms with Gasteiger partial charge < -0.3 is 4.90 Å². The van der Waals surface area contributed by atoms with Crippen LogP contribution < -0.4 is 4.90 Å². The molecule has 0 spiro atoms. The van der Waals surface area contributed by atoms with Gasteiger partial charge in [0.1, 0.15) is 0 Å². The highest BCUT2D eigenvalue weighted by Crippen LogP contribution is 2.32. The van der Waals surface area contributed by atoms with E-state index >= 15 is 0 Å². The van der Waals surface area contributed by atoms with Gasteiger partial charge in [-0.3, -0.25) is 14.4 Å². The second kappa shape index (κ2) is 5.98. The monoisotopic (exact) mass is 343 g/mol. The molecule has 0 unspecified atom stereocenters. The Balaban J connectivity index is 1.65. The number of rotatable bonds is 2. The quantitative estimate of drug-likeness (QED) is 0.786. The molecule has 4 rings (SSSR count). The van der Waals surface area contributed by atoms with Gasteiger partial charge in [0.05, 0.1) is 10.2 Å². The van der Waals surface area contributed by atoms with Gasteiger partial charge in [-0.05, 0) is 37.5 Å². The largest absolute Gasteiger partial charge is 0.339 e. The number of imide groups is 1. The van der Waals surface area contributed by atoms with Crippen molar-refractivity contribution in [3.05, 3.63) is 23.8 Å². The van der Waals surface area contributed by atoms with E-state index in [1.54, 1.807) is 12.1 Å². The van der Waals surface area contributed by atoms with Crippen LogP contribution in [0.2, 0.25) is 0 Å². The Morgan fingerprint density at radius 1 is 1.04 bits per heavy atom. The second-order valence-corrected chi connectivity index (χ2v) is 7.16. The van der Waals surface area contributed by atoms with E-state index in [2.05, 4.69) is 4.98 Å². The first kappa shape index (κ1) is 15.3. The maximum Gasteiger partial charge on any atom is 0.253 e. The third-order valence-corrected chi connectivity index (χ3v) is 5.51. The van der Waals surface area contributed by atoms with Crippen LogP contribution in [0.25, 0.3) is 10.2 Å². The molecule has 3 amide bonds. The van der Waals surface area contributed by atoms with Gasteiger partial charge in [-0.2, -0.15) is 0 Å². The number of nitrogens with zero attached hydrogens (tertiary/aromatic N) is 3. The minimum Gasteiger partial charge on any atom is -0.339 e. The summed E-state index contributed by atoms with van der Waals surface area (Å²) in [5.41, 5.74) is 1.34. The van der Waals surface area contributed by atoms with Crippen molar-refractivity contribution in [3.63, 3.8) is 0 Å². The fourth-order valence-corrected chi connectivity index (χ4v) is 4.25. The third-order valence-electron chi connectivity index (χ3n) is 4.51. The van der Waals surface area contributed by atoms with Crippen molar-refractivity contribution in [1.82, 2.24) is 9.88 Å². The standard InChI is InChI=1S/C17H17N3O3S/c21-14-6-7-15(22)20(14)17-18-12-5-4-11(10-13(12)24-17)16(23)19-8-2-1-3-9-19/h4-5,10H,1-3,6-9H2. The topological polar surface area (TPSA) is 70.6 Å². The number of thiazole rings is 1. The van der Waals surface area contributed by atoms with Gasteiger partial charge in [-0.15, -0.1) is 0 Å². The molecule has 0 bridgehead atoms. The van der Waals surface area contributed by atoms with E-state index in [0.717, 1.165) is 35.5 Å². The van der Waals surface area contributed by atoms with Crippen LogP contribution in [0, 0.1) is 0 Å². The number of hydrogen-bond acceptors (Lipinski definition) is 5. The van der Waals surface area contributed by atoms with Gasteiger partial charge in [-0.25, -0.2) is 9.88 Å². The molecule has 2 saturated heterocycles. The molecule has 124 valence electrons. The number of carbonyl (C=O) groups excluding carboxylic acids is 3. The van der Waals surface area contributed by atoms with Crippen molar-refractivity contribution < 1.29 is 14.4 Å². The first-order chi connectivity index (χ1) is 11.6. The summed E-state index contributed by atoms with van der Waals surface area (Å²) in [6.07, 6.45) is 3.77. The Morgan fingerprint density at radius 3 is 2.46 bits per heavy atom. The van der Waals surface area contributed by atoms with Crippen molar-refractivity contribution in [2.24, 2.45) is 0 Å². The average Bonchev–Trinajstić information content (AvgIpc) is 3.16. The van der Waals surface area contributed by atoms with E-state index in [1.165, 1.54) is 17.8 Å². The summed E-state index contributed by atoms with van der Waals surface area (Å²) in [5, 5.41) is 0.403. The fourth-order valence-electron chi connectivity index (χ4n) is 3.21. The molecule has 2 aliphatic heterocycles. The van der Waals surface area contributed by atoms with Crippen LogP contribution in [0.3, 0.4) is 0 Å². The first-order valence-corrected chi connectivity index (χ1v) is 9.01. The Bertz CT molecular complexity index is 823. The number of amides is 3. The number of hydrogen-bond donors (Lipinski definition) is 0. The van der Waals surface area contributed by atoms with Crippen LogP contribution in [0.15, 0.2) is 18.2 Å². The number of carbonyl (C=O) groups is 3. The summed E-state index contributed by atoms with van der Waals surface area (Å²) in [6.45, 7) is 1.61. The summed E-state index contributed by atoms with van der Waals surface area (Å²) >= 11 is 1.28. The van der Waals surface area contributed by atoms with Crippen LogP contribution >= 0.6 is 11.3 Å². The molecule has 1 aromatic heterocycles. The van der Waals surface area contributed by atoms with E-state index in [1.807, 2.05) is 11.0 Å². The molecule has 2 aliphatic rings. The smallest absolute Gasteiger partial charge is 0.253 e. The molecule has 2 fully saturated rings. The third kappa shape index (κ3) is 2.58. The maximum atomic E-state index is 12.6. The van der Waals surface area contributed by atoms with E-state index in [-0.39, 0.29) is 30.6 Å². The Morgan fingerprint density at radius 2 is 1.75 bits per heavy atom. The van der Waals surface area contributed by atoms with E-state index in [4.69, 9.17) is 0 Å². The predicted molar refractivity (Wildman–Crippen MR) is 91.1 cm³/mol. The van der Waals surface area contributed by atoms with Gasteiger partial charge in [0.2, 0.25) is 11.8 Å². The zero-order valence-corrected chi connectivity index (χ0v) is 14.0. The predicted octanol–water partition coefficient (Wildman–Crippen LogP) is 2.58. The maximum absolute atomic E-state index is 12.6. The molecular formula is C17H17N3O3S. The van der Waals surface area contributed by atoms with Crippen LogP contribution in [0.4, 0.5) is 5.13 Å². The van der Waals surface area contributed by atoms with Crippen molar-refractivity contribution in [3.8, 4) is 0 Å². The van der Waals surface area contributed by atoms with Gasteiger partial charge in [0, 0.05) is 31.5 Å². The number of anilines is 1. The highest BCUT2D eigenvalue weighted by molar-refractivity contribution is 7.22. The van der Waals surface area contributed by atoms with Crippen molar-refractivity contribution in [2.45, 2.75) is 32.1 Å². The number of piperidine rings is 1. The molecule has 0 radical (unpaired) electrons. The molecule has 3 heterocycles. The van der Waals surface area contributed by atoms with Crippen LogP contribution in [-0.4, -0.2) is 40.7 Å². The lowest BCUT2D eigenvalue weighted by Gasteiger charge is -2.26. The normalized spacial score (nSPS) is 18.7. The Kier molecular flexibility index (Phi) is 3.80. The highest BCUT2D eigenvalue weighted by atomic mass is 32.1. The van der Waals surface area contributed by atoms with Gasteiger partial charge in [0.15, 0.2) is 5.13 Å². The van der Waals surface area contributed by atoms with Gasteiger partial charge >= 0.3 is 0 Å². The molecule has 24 heavy (non-hydrogen) atoms. The number of likely N-dealkylation sites (tertiary alicyclic amines) is 1. The van der Waals surface area contributed by atoms with Gasteiger partial charge in [-0.1, -0.05) is 11.3 Å². The van der Waals surface area contributed by atoms with Crippen molar-refractivity contribution in [2.75, 3.05) is 18.0 Å². The van der Waals surface area contributed by atoms with Crippen molar-refractivity contribution in [1.29, 1.82) is 0 Å². The molecule has 0 saturated carbocycles. The summed E-state index contributed by atoms with van der Waals surface area (Å²) < 4.78 is 0.820. The summed E-state index contributed by atoms with van der Waals surface area (Å²) in [4.78, 5) is 43.8. The molecule has 0 atom stereocenters. The molecule has 7 heteroatoms. The number of fused-ring (bicyclic) bond motifs is 1. The van der Waals surface area contributed by atoms with E-state index < -0.39 is 0 Å². The Hall–Kier alpha value is -2.28. The Labute approximate surface area is 143 Å². The van der Waals surface area contributed by atoms with Crippen molar-refractivity contribution >= 4 is 44.4 Å². The van der Waals surface area contributed by atoms with Crippen LogP contribution in [0.1, 0.15) is 42.5 Å². The lowest BCUT2D eigenvalue weighted by molar-refractivity contribution is -0.121. The van der Waals surface area contributed by atoms with E-state index in [9.17, 15) is 14.4 Å². The molecule has 2 aromatic rings. The van der Waals surface area contributed by atoms with E-state index in [0.29, 0.717) is 16.2 Å². The fraction of sp³-hybridized carbons (Fsp3) is 0.412. The lowest BCUT2D eigenvalue weighted by Crippen LogP contribution is -2.35. The summed E-state index contributed by atoms with van der Waals surface area (Å²) in [7, 11) is 0. The molecule has 0 N–H and O–H groups in total. The average molecular weight is 343 g/mol. The molecule has 1 aromatic carbocycles. The van der Waals surface area contributed by atoms with Gasteiger partial charge in [0.25, 0.3) is 5.91 Å². The molecular weight excluding hydrogens is 326 g/mol. The lowest BCUT2D eigenvalue weighted by atomic mass is 10.1. The number of aromatic nitrogens is 1. The summed E-state index contributed by atoms with van der Waals surface area (Å²) in [6, 6.07) is 5.38. The number of benzene rings is 1. The van der Waals surface area contributed by atoms with Crippen LogP contribution in [-0.2, 0) is 9.59 Å². The highest BCUT2D eigenvalue weighted by Gasteiger charge is 2.32. The zero-order chi connectivity index (χ0) is 16.7. The molecule has 0 aliphatic carbocycles.